The Morgan fingerprint density at radius 1 is 1.15 bits per heavy atom. The summed E-state index contributed by atoms with van der Waals surface area (Å²) < 4.78 is 15.9. The Labute approximate surface area is 152 Å². The first-order valence-electron chi connectivity index (χ1n) is 8.32. The van der Waals surface area contributed by atoms with E-state index >= 15 is 0 Å². The van der Waals surface area contributed by atoms with Crippen LogP contribution in [0.4, 0.5) is 11.5 Å². The van der Waals surface area contributed by atoms with E-state index in [2.05, 4.69) is 20.2 Å². The molecule has 0 atom stereocenters. The normalized spacial score (nSPS) is 14.0. The first kappa shape index (κ1) is 17.9. The maximum absolute atomic E-state index is 12.7. The molecule has 1 aromatic heterocycles. The molecule has 1 aliphatic rings. The number of nitrogens with zero attached hydrogens (tertiary/aromatic N) is 3. The number of hydrogen-bond acceptors (Lipinski definition) is 7. The van der Waals surface area contributed by atoms with Gasteiger partial charge in [0.05, 0.1) is 33.1 Å². The molecule has 2 aromatic rings. The maximum Gasteiger partial charge on any atom is 0.274 e. The highest BCUT2D eigenvalue weighted by Gasteiger charge is 2.18. The number of hydrogen-bond donors (Lipinski definition) is 1. The van der Waals surface area contributed by atoms with Gasteiger partial charge in [-0.1, -0.05) is 0 Å². The zero-order valence-electron chi connectivity index (χ0n) is 15.1. The molecule has 2 heterocycles. The summed E-state index contributed by atoms with van der Waals surface area (Å²) in [5.74, 6) is 2.09. The van der Waals surface area contributed by atoms with Gasteiger partial charge in [0, 0.05) is 25.2 Å². The van der Waals surface area contributed by atoms with E-state index in [1.807, 2.05) is 0 Å². The molecule has 138 valence electrons. The molecule has 1 amide bonds. The number of carbonyl (C=O) groups excluding carboxylic acids is 1. The number of ether oxygens (including phenoxy) is 3. The number of aromatic nitrogens is 2. The van der Waals surface area contributed by atoms with Gasteiger partial charge in [-0.15, -0.1) is 0 Å². The highest BCUT2D eigenvalue weighted by atomic mass is 16.5. The van der Waals surface area contributed by atoms with Crippen molar-refractivity contribution in [1.29, 1.82) is 0 Å². The number of carbonyl (C=O) groups is 1. The van der Waals surface area contributed by atoms with Gasteiger partial charge in [-0.05, 0) is 19.1 Å². The lowest BCUT2D eigenvalue weighted by Crippen LogP contribution is -2.37. The number of methoxy groups -OCH3 is 2. The molecule has 1 aromatic carbocycles. The first-order chi connectivity index (χ1) is 12.6. The predicted molar refractivity (Wildman–Crippen MR) is 97.3 cm³/mol. The minimum Gasteiger partial charge on any atom is -0.497 e. The van der Waals surface area contributed by atoms with Gasteiger partial charge >= 0.3 is 0 Å². The molecule has 1 N–H and O–H groups in total. The van der Waals surface area contributed by atoms with E-state index in [9.17, 15) is 4.79 Å². The van der Waals surface area contributed by atoms with Crippen LogP contribution in [0.3, 0.4) is 0 Å². The molecule has 26 heavy (non-hydrogen) atoms. The molecule has 1 fully saturated rings. The van der Waals surface area contributed by atoms with Crippen LogP contribution >= 0.6 is 0 Å². The van der Waals surface area contributed by atoms with Crippen LogP contribution in [0.15, 0.2) is 24.3 Å². The fourth-order valence-corrected chi connectivity index (χ4v) is 2.72. The largest absolute Gasteiger partial charge is 0.497 e. The standard InChI is InChI=1S/C18H22N4O4/c1-12-19-15(11-17(20-12)22-6-8-26-9-7-22)18(23)21-14-10-13(24-2)4-5-16(14)25-3/h4-5,10-11H,6-9H2,1-3H3,(H,21,23). The number of aryl methyl sites for hydroxylation is 1. The highest BCUT2D eigenvalue weighted by Crippen LogP contribution is 2.29. The van der Waals surface area contributed by atoms with Gasteiger partial charge in [-0.3, -0.25) is 4.79 Å². The van der Waals surface area contributed by atoms with Crippen LogP contribution in [0.2, 0.25) is 0 Å². The van der Waals surface area contributed by atoms with E-state index in [1.165, 1.54) is 0 Å². The summed E-state index contributed by atoms with van der Waals surface area (Å²) >= 11 is 0. The molecule has 1 saturated heterocycles. The monoisotopic (exact) mass is 358 g/mol. The molecule has 8 nitrogen and oxygen atoms in total. The minimum absolute atomic E-state index is 0.295. The smallest absolute Gasteiger partial charge is 0.274 e. The molecule has 1 aliphatic heterocycles. The van der Waals surface area contributed by atoms with Crippen LogP contribution < -0.4 is 19.7 Å². The van der Waals surface area contributed by atoms with Gasteiger partial charge in [0.1, 0.15) is 28.8 Å². The molecule has 0 aliphatic carbocycles. The fourth-order valence-electron chi connectivity index (χ4n) is 2.72. The second kappa shape index (κ2) is 8.01. The summed E-state index contributed by atoms with van der Waals surface area (Å²) in [7, 11) is 3.11. The van der Waals surface area contributed by atoms with Crippen molar-refractivity contribution in [2.45, 2.75) is 6.92 Å². The topological polar surface area (TPSA) is 85.8 Å². The third-order valence-corrected chi connectivity index (χ3v) is 4.05. The molecule has 0 saturated carbocycles. The van der Waals surface area contributed by atoms with Crippen LogP contribution in [0.25, 0.3) is 0 Å². The number of benzene rings is 1. The maximum atomic E-state index is 12.7. The lowest BCUT2D eigenvalue weighted by Gasteiger charge is -2.28. The molecular formula is C18H22N4O4. The predicted octanol–water partition coefficient (Wildman–Crippen LogP) is 1.89. The third kappa shape index (κ3) is 4.02. The van der Waals surface area contributed by atoms with Crippen molar-refractivity contribution >= 4 is 17.4 Å². The van der Waals surface area contributed by atoms with Crippen molar-refractivity contribution in [2.24, 2.45) is 0 Å². The van der Waals surface area contributed by atoms with Crippen LogP contribution in [0, 0.1) is 6.92 Å². The summed E-state index contributed by atoms with van der Waals surface area (Å²) in [5, 5.41) is 2.83. The second-order valence-electron chi connectivity index (χ2n) is 5.78. The minimum atomic E-state index is -0.337. The van der Waals surface area contributed by atoms with Gasteiger partial charge in [0.15, 0.2) is 0 Å². The van der Waals surface area contributed by atoms with Gasteiger partial charge in [0.2, 0.25) is 0 Å². The molecular weight excluding hydrogens is 336 g/mol. The highest BCUT2D eigenvalue weighted by molar-refractivity contribution is 6.04. The van der Waals surface area contributed by atoms with E-state index in [1.54, 1.807) is 45.4 Å². The van der Waals surface area contributed by atoms with Gasteiger partial charge in [0.25, 0.3) is 5.91 Å². The SMILES string of the molecule is COc1ccc(OC)c(NC(=O)c2cc(N3CCOCC3)nc(C)n2)c1. The Morgan fingerprint density at radius 3 is 2.62 bits per heavy atom. The Morgan fingerprint density at radius 2 is 1.92 bits per heavy atom. The van der Waals surface area contributed by atoms with E-state index in [-0.39, 0.29) is 5.91 Å². The van der Waals surface area contributed by atoms with Crippen molar-refractivity contribution in [3.05, 3.63) is 35.8 Å². The van der Waals surface area contributed by atoms with Crippen LogP contribution in [0.1, 0.15) is 16.3 Å². The lowest BCUT2D eigenvalue weighted by atomic mass is 10.2. The zero-order valence-corrected chi connectivity index (χ0v) is 15.1. The quantitative estimate of drug-likeness (QED) is 0.873. The molecule has 0 bridgehead atoms. The van der Waals surface area contributed by atoms with Crippen molar-refractivity contribution in [2.75, 3.05) is 50.7 Å². The van der Waals surface area contributed by atoms with Crippen molar-refractivity contribution in [3.8, 4) is 11.5 Å². The van der Waals surface area contributed by atoms with E-state index in [0.717, 1.165) is 18.9 Å². The number of rotatable bonds is 5. The van der Waals surface area contributed by atoms with Crippen LogP contribution in [-0.2, 0) is 4.74 Å². The van der Waals surface area contributed by atoms with Crippen molar-refractivity contribution in [1.82, 2.24) is 9.97 Å². The summed E-state index contributed by atoms with van der Waals surface area (Å²) in [5.41, 5.74) is 0.810. The molecule has 3 rings (SSSR count). The summed E-state index contributed by atoms with van der Waals surface area (Å²) in [6, 6.07) is 6.90. The Hall–Kier alpha value is -2.87. The summed E-state index contributed by atoms with van der Waals surface area (Å²) in [4.78, 5) is 23.5. The molecule has 8 heteroatoms. The van der Waals surface area contributed by atoms with E-state index in [0.29, 0.717) is 41.9 Å². The lowest BCUT2D eigenvalue weighted by molar-refractivity contribution is 0.102. The van der Waals surface area contributed by atoms with Gasteiger partial charge in [-0.25, -0.2) is 9.97 Å². The van der Waals surface area contributed by atoms with E-state index in [4.69, 9.17) is 14.2 Å². The molecule has 0 spiro atoms. The number of morpholine rings is 1. The van der Waals surface area contributed by atoms with E-state index < -0.39 is 0 Å². The molecule has 0 radical (unpaired) electrons. The Kier molecular flexibility index (Phi) is 5.52. The number of anilines is 2. The fraction of sp³-hybridized carbons (Fsp3) is 0.389. The summed E-state index contributed by atoms with van der Waals surface area (Å²) in [6.45, 7) is 4.53. The van der Waals surface area contributed by atoms with Gasteiger partial charge < -0.3 is 24.4 Å². The number of amides is 1. The Balaban J connectivity index is 1.85. The van der Waals surface area contributed by atoms with Crippen LogP contribution in [0.5, 0.6) is 11.5 Å². The average molecular weight is 358 g/mol. The Bertz CT molecular complexity index is 791. The first-order valence-corrected chi connectivity index (χ1v) is 8.32. The zero-order chi connectivity index (χ0) is 18.5. The average Bonchev–Trinajstić information content (AvgIpc) is 2.68. The third-order valence-electron chi connectivity index (χ3n) is 4.05. The van der Waals surface area contributed by atoms with Gasteiger partial charge in [-0.2, -0.15) is 0 Å². The van der Waals surface area contributed by atoms with Crippen molar-refractivity contribution in [3.63, 3.8) is 0 Å². The van der Waals surface area contributed by atoms with Crippen molar-refractivity contribution < 1.29 is 19.0 Å². The van der Waals surface area contributed by atoms with Crippen LogP contribution in [-0.4, -0.2) is 56.4 Å². The summed E-state index contributed by atoms with van der Waals surface area (Å²) in [6.07, 6.45) is 0. The second-order valence-corrected chi connectivity index (χ2v) is 5.78. The number of nitrogens with one attached hydrogen (secondary N) is 1. The molecule has 0 unspecified atom stereocenters.